The van der Waals surface area contributed by atoms with Crippen LogP contribution in [0.25, 0.3) is 0 Å². The average molecular weight is 257 g/mol. The fourth-order valence-electron chi connectivity index (χ4n) is 3.34. The largest absolute Gasteiger partial charge is 0.306 e. The van der Waals surface area contributed by atoms with Crippen LogP contribution in [0.1, 0.15) is 33.1 Å². The van der Waals surface area contributed by atoms with Crippen molar-refractivity contribution in [1.29, 1.82) is 0 Å². The van der Waals surface area contributed by atoms with Gasteiger partial charge in [0.1, 0.15) is 0 Å². The third-order valence-electron chi connectivity index (χ3n) is 4.26. The van der Waals surface area contributed by atoms with Crippen molar-refractivity contribution in [2.24, 2.45) is 5.92 Å². The summed E-state index contributed by atoms with van der Waals surface area (Å²) in [4.78, 5) is 10.3. The van der Waals surface area contributed by atoms with Crippen molar-refractivity contribution < 1.29 is 4.84 Å². The van der Waals surface area contributed by atoms with Gasteiger partial charge in [-0.1, -0.05) is 13.8 Å². The van der Waals surface area contributed by atoms with E-state index in [1.807, 2.05) is 0 Å². The van der Waals surface area contributed by atoms with E-state index < -0.39 is 0 Å². The number of hydrogen-bond donors (Lipinski definition) is 1. The minimum Gasteiger partial charge on any atom is -0.306 e. The summed E-state index contributed by atoms with van der Waals surface area (Å²) in [5.74, 6) is 0.630. The second-order valence-corrected chi connectivity index (χ2v) is 5.91. The summed E-state index contributed by atoms with van der Waals surface area (Å²) in [5, 5.41) is 0. The van der Waals surface area contributed by atoms with Crippen molar-refractivity contribution in [2.45, 2.75) is 51.2 Å². The van der Waals surface area contributed by atoms with Crippen LogP contribution in [0.15, 0.2) is 0 Å². The molecule has 0 aromatic carbocycles. The van der Waals surface area contributed by atoms with Gasteiger partial charge in [-0.2, -0.15) is 5.48 Å². The lowest BCUT2D eigenvalue weighted by Crippen LogP contribution is -2.54. The average Bonchev–Trinajstić information content (AvgIpc) is 2.30. The molecule has 1 saturated heterocycles. The van der Waals surface area contributed by atoms with Gasteiger partial charge in [0.2, 0.25) is 0 Å². The molecule has 0 saturated carbocycles. The van der Waals surface area contributed by atoms with Crippen LogP contribution in [-0.2, 0) is 4.84 Å². The van der Waals surface area contributed by atoms with Gasteiger partial charge in [0.05, 0.1) is 6.61 Å². The number of rotatable bonds is 6. The maximum Gasteiger partial charge on any atom is 0.0726 e. The highest BCUT2D eigenvalue weighted by Crippen LogP contribution is 2.25. The van der Waals surface area contributed by atoms with E-state index in [4.69, 9.17) is 4.84 Å². The molecule has 4 atom stereocenters. The summed E-state index contributed by atoms with van der Waals surface area (Å²) in [5.41, 5.74) is 3.24. The zero-order chi connectivity index (χ0) is 13.7. The van der Waals surface area contributed by atoms with E-state index >= 15 is 0 Å². The molecule has 18 heavy (non-hydrogen) atoms. The normalized spacial score (nSPS) is 28.7. The molecule has 0 bridgehead atoms. The van der Waals surface area contributed by atoms with Crippen LogP contribution in [0.4, 0.5) is 0 Å². The first-order valence-corrected chi connectivity index (χ1v) is 7.21. The molecule has 0 aromatic heterocycles. The predicted molar refractivity (Wildman–Crippen MR) is 76.5 cm³/mol. The number of likely N-dealkylation sites (N-methyl/N-ethyl adjacent to an activating group) is 1. The lowest BCUT2D eigenvalue weighted by molar-refractivity contribution is -0.0833. The van der Waals surface area contributed by atoms with E-state index in [0.29, 0.717) is 24.0 Å². The molecule has 1 aliphatic rings. The summed E-state index contributed by atoms with van der Waals surface area (Å²) in [6.45, 7) is 5.35. The fourth-order valence-corrected chi connectivity index (χ4v) is 3.34. The first-order valence-electron chi connectivity index (χ1n) is 7.21. The molecule has 0 aromatic rings. The number of hydrogen-bond acceptors (Lipinski definition) is 4. The van der Waals surface area contributed by atoms with Gasteiger partial charge in [0.15, 0.2) is 0 Å². The van der Waals surface area contributed by atoms with Gasteiger partial charge in [-0.25, -0.2) is 0 Å². The molecule has 1 heterocycles. The van der Waals surface area contributed by atoms with E-state index in [1.165, 1.54) is 12.8 Å². The Hall–Kier alpha value is -0.160. The molecule has 0 spiro atoms. The highest BCUT2D eigenvalue weighted by Gasteiger charge is 2.33. The molecule has 1 rings (SSSR count). The third kappa shape index (κ3) is 3.92. The first-order chi connectivity index (χ1) is 8.51. The standard InChI is InChI=1S/C14H31N3O/c1-7-13(16(3)4)11-9-12(15-18-10-11)14(8-2)17(5)6/h11-15H,7-10H2,1-6H3. The Bertz CT molecular complexity index is 211. The summed E-state index contributed by atoms with van der Waals surface area (Å²) in [6, 6.07) is 1.61. The number of nitrogens with zero attached hydrogens (tertiary/aromatic N) is 2. The highest BCUT2D eigenvalue weighted by molar-refractivity contribution is 4.87. The molecule has 4 nitrogen and oxygen atoms in total. The Kier molecular flexibility index (Phi) is 6.57. The van der Waals surface area contributed by atoms with Crippen LogP contribution in [0.5, 0.6) is 0 Å². The summed E-state index contributed by atoms with van der Waals surface area (Å²) >= 11 is 0. The smallest absolute Gasteiger partial charge is 0.0726 e. The van der Waals surface area contributed by atoms with E-state index in [9.17, 15) is 0 Å². The van der Waals surface area contributed by atoms with Crippen molar-refractivity contribution in [1.82, 2.24) is 15.3 Å². The van der Waals surface area contributed by atoms with E-state index in [-0.39, 0.29) is 0 Å². The number of nitrogens with one attached hydrogen (secondary N) is 1. The van der Waals surface area contributed by atoms with Crippen LogP contribution < -0.4 is 5.48 Å². The van der Waals surface area contributed by atoms with Crippen LogP contribution in [0.2, 0.25) is 0 Å². The molecule has 1 fully saturated rings. The Morgan fingerprint density at radius 2 is 1.61 bits per heavy atom. The number of hydroxylamine groups is 1. The minimum atomic E-state index is 0.442. The monoisotopic (exact) mass is 257 g/mol. The van der Waals surface area contributed by atoms with Crippen molar-refractivity contribution in [3.63, 3.8) is 0 Å². The van der Waals surface area contributed by atoms with Crippen molar-refractivity contribution in [2.75, 3.05) is 34.8 Å². The van der Waals surface area contributed by atoms with Gasteiger partial charge >= 0.3 is 0 Å². The van der Waals surface area contributed by atoms with Crippen molar-refractivity contribution in [3.05, 3.63) is 0 Å². The molecular formula is C14H31N3O. The molecule has 108 valence electrons. The summed E-state index contributed by atoms with van der Waals surface area (Å²) < 4.78 is 0. The zero-order valence-corrected chi connectivity index (χ0v) is 12.9. The zero-order valence-electron chi connectivity index (χ0n) is 12.9. The summed E-state index contributed by atoms with van der Waals surface area (Å²) in [6.07, 6.45) is 3.54. The Balaban J connectivity index is 2.64. The first kappa shape index (κ1) is 15.9. The molecule has 0 amide bonds. The molecule has 4 unspecified atom stereocenters. The molecular weight excluding hydrogens is 226 g/mol. The van der Waals surface area contributed by atoms with Gasteiger partial charge < -0.3 is 14.6 Å². The van der Waals surface area contributed by atoms with Crippen LogP contribution in [-0.4, -0.2) is 62.7 Å². The molecule has 4 heteroatoms. The van der Waals surface area contributed by atoms with E-state index in [1.54, 1.807) is 0 Å². The second kappa shape index (κ2) is 7.43. The van der Waals surface area contributed by atoms with Crippen LogP contribution in [0, 0.1) is 5.92 Å². The van der Waals surface area contributed by atoms with Gasteiger partial charge in [-0.3, -0.25) is 0 Å². The molecule has 1 aliphatic heterocycles. The maximum absolute atomic E-state index is 5.66. The second-order valence-electron chi connectivity index (χ2n) is 5.91. The van der Waals surface area contributed by atoms with Gasteiger partial charge in [-0.15, -0.1) is 0 Å². The Labute approximate surface area is 113 Å². The van der Waals surface area contributed by atoms with E-state index in [2.05, 4.69) is 57.3 Å². The molecule has 1 N–H and O–H groups in total. The SMILES string of the molecule is CCC(C1CONC(C(CC)N(C)C)C1)N(C)C. The lowest BCUT2D eigenvalue weighted by atomic mass is 9.86. The fraction of sp³-hybridized carbons (Fsp3) is 1.00. The molecule has 0 radical (unpaired) electrons. The topological polar surface area (TPSA) is 27.7 Å². The summed E-state index contributed by atoms with van der Waals surface area (Å²) in [7, 11) is 8.66. The predicted octanol–water partition coefficient (Wildman–Crippen LogP) is 1.58. The van der Waals surface area contributed by atoms with Gasteiger partial charge in [0, 0.05) is 24.0 Å². The van der Waals surface area contributed by atoms with Gasteiger partial charge in [-0.05, 0) is 47.5 Å². The van der Waals surface area contributed by atoms with E-state index in [0.717, 1.165) is 13.0 Å². The maximum atomic E-state index is 5.66. The van der Waals surface area contributed by atoms with Crippen molar-refractivity contribution >= 4 is 0 Å². The minimum absolute atomic E-state index is 0.442. The molecule has 0 aliphatic carbocycles. The van der Waals surface area contributed by atoms with Crippen LogP contribution in [0.3, 0.4) is 0 Å². The van der Waals surface area contributed by atoms with Crippen LogP contribution >= 0.6 is 0 Å². The Morgan fingerprint density at radius 3 is 2.06 bits per heavy atom. The lowest BCUT2D eigenvalue weighted by Gasteiger charge is -2.41. The highest BCUT2D eigenvalue weighted by atomic mass is 16.6. The van der Waals surface area contributed by atoms with Gasteiger partial charge in [0.25, 0.3) is 0 Å². The Morgan fingerprint density at radius 1 is 1.06 bits per heavy atom. The quantitative estimate of drug-likeness (QED) is 0.782. The third-order valence-corrected chi connectivity index (χ3v) is 4.26. The van der Waals surface area contributed by atoms with Crippen molar-refractivity contribution in [3.8, 4) is 0 Å².